The summed E-state index contributed by atoms with van der Waals surface area (Å²) in [5.41, 5.74) is 1.32. The van der Waals surface area contributed by atoms with Crippen molar-refractivity contribution >= 4 is 5.91 Å². The van der Waals surface area contributed by atoms with Gasteiger partial charge in [-0.1, -0.05) is 44.2 Å². The molecule has 0 aromatic heterocycles. The average molecular weight is 301 g/mol. The predicted octanol–water partition coefficient (Wildman–Crippen LogP) is 3.45. The van der Waals surface area contributed by atoms with E-state index < -0.39 is 0 Å². The number of rotatable bonds is 5. The van der Waals surface area contributed by atoms with Crippen LogP contribution in [0.1, 0.15) is 44.6 Å². The molecule has 0 spiro atoms. The Balaban J connectivity index is 1.45. The molecule has 0 unspecified atom stereocenters. The van der Waals surface area contributed by atoms with E-state index in [2.05, 4.69) is 43.0 Å². The van der Waals surface area contributed by atoms with E-state index in [-0.39, 0.29) is 5.92 Å². The van der Waals surface area contributed by atoms with Crippen molar-refractivity contribution in [3.63, 3.8) is 0 Å². The summed E-state index contributed by atoms with van der Waals surface area (Å²) >= 11 is 0. The molecule has 0 N–H and O–H groups in total. The third kappa shape index (κ3) is 3.70. The third-order valence-corrected chi connectivity index (χ3v) is 4.75. The minimum atomic E-state index is 0.218. The normalized spacial score (nSPS) is 25.5. The van der Waals surface area contributed by atoms with Gasteiger partial charge in [-0.2, -0.15) is 0 Å². The summed E-state index contributed by atoms with van der Waals surface area (Å²) in [7, 11) is 0. The van der Waals surface area contributed by atoms with Crippen molar-refractivity contribution < 1.29 is 9.53 Å². The fourth-order valence-electron chi connectivity index (χ4n) is 3.34. The van der Waals surface area contributed by atoms with Crippen LogP contribution in [0.15, 0.2) is 30.3 Å². The molecular weight excluding hydrogens is 274 g/mol. The lowest BCUT2D eigenvalue weighted by atomic mass is 10.1. The van der Waals surface area contributed by atoms with E-state index in [0.29, 0.717) is 23.8 Å². The number of amides is 1. The number of likely N-dealkylation sites (tertiary alicyclic amines) is 1. The van der Waals surface area contributed by atoms with Crippen molar-refractivity contribution in [1.29, 1.82) is 0 Å². The van der Waals surface area contributed by atoms with Crippen LogP contribution in [0.2, 0.25) is 0 Å². The van der Waals surface area contributed by atoms with Crippen LogP contribution in [-0.4, -0.2) is 36.6 Å². The average Bonchev–Trinajstić information content (AvgIpc) is 3.34. The lowest BCUT2D eigenvalue weighted by molar-refractivity contribution is -0.135. The zero-order valence-electron chi connectivity index (χ0n) is 13.7. The number of benzene rings is 1. The van der Waals surface area contributed by atoms with Gasteiger partial charge >= 0.3 is 0 Å². The van der Waals surface area contributed by atoms with Gasteiger partial charge in [-0.05, 0) is 36.7 Å². The molecule has 2 atom stereocenters. The first-order valence-corrected chi connectivity index (χ1v) is 8.60. The quantitative estimate of drug-likeness (QED) is 0.833. The van der Waals surface area contributed by atoms with E-state index in [0.717, 1.165) is 39.0 Å². The number of nitrogens with zero attached hydrogens (tertiary/aromatic N) is 1. The maximum absolute atomic E-state index is 12.6. The zero-order valence-corrected chi connectivity index (χ0v) is 13.7. The monoisotopic (exact) mass is 301 g/mol. The van der Waals surface area contributed by atoms with E-state index in [1.54, 1.807) is 0 Å². The van der Waals surface area contributed by atoms with Crippen LogP contribution in [0.4, 0.5) is 0 Å². The molecule has 1 amide bonds. The van der Waals surface area contributed by atoms with Crippen molar-refractivity contribution in [2.24, 2.45) is 11.8 Å². The van der Waals surface area contributed by atoms with Gasteiger partial charge in [0.05, 0.1) is 6.10 Å². The molecule has 1 heterocycles. The van der Waals surface area contributed by atoms with Crippen molar-refractivity contribution in [2.45, 2.75) is 45.1 Å². The Morgan fingerprint density at radius 3 is 2.55 bits per heavy atom. The SMILES string of the molecule is CC(C)COC1CCN(C(=O)[C@@H]2C[C@@H]2c2ccccc2)CC1. The number of carbonyl (C=O) groups is 1. The summed E-state index contributed by atoms with van der Waals surface area (Å²) in [4.78, 5) is 14.7. The third-order valence-electron chi connectivity index (χ3n) is 4.75. The molecule has 2 fully saturated rings. The zero-order chi connectivity index (χ0) is 15.5. The van der Waals surface area contributed by atoms with Gasteiger partial charge < -0.3 is 9.64 Å². The molecule has 1 saturated carbocycles. The summed E-state index contributed by atoms with van der Waals surface area (Å²) in [6.45, 7) is 6.90. The van der Waals surface area contributed by atoms with Crippen LogP contribution in [0, 0.1) is 11.8 Å². The molecule has 3 rings (SSSR count). The molecule has 1 aromatic carbocycles. The number of ether oxygens (including phenoxy) is 1. The molecule has 0 radical (unpaired) electrons. The predicted molar refractivity (Wildman–Crippen MR) is 87.7 cm³/mol. The number of carbonyl (C=O) groups excluding carboxylic acids is 1. The second-order valence-electron chi connectivity index (χ2n) is 7.11. The standard InChI is InChI=1S/C19H27NO2/c1-14(2)13-22-16-8-10-20(11-9-16)19(21)18-12-17(18)15-6-4-3-5-7-15/h3-7,14,16-18H,8-13H2,1-2H3/t17-,18-/m1/s1. The minimum Gasteiger partial charge on any atom is -0.378 e. The largest absolute Gasteiger partial charge is 0.378 e. The van der Waals surface area contributed by atoms with E-state index in [1.165, 1.54) is 5.56 Å². The van der Waals surface area contributed by atoms with Crippen molar-refractivity contribution in [2.75, 3.05) is 19.7 Å². The summed E-state index contributed by atoms with van der Waals surface area (Å²) in [6.07, 6.45) is 3.34. The first kappa shape index (κ1) is 15.5. The topological polar surface area (TPSA) is 29.5 Å². The van der Waals surface area contributed by atoms with Gasteiger partial charge in [0.1, 0.15) is 0 Å². The molecule has 1 aliphatic heterocycles. The highest BCUT2D eigenvalue weighted by atomic mass is 16.5. The van der Waals surface area contributed by atoms with Crippen LogP contribution in [0.5, 0.6) is 0 Å². The van der Waals surface area contributed by atoms with E-state index >= 15 is 0 Å². The van der Waals surface area contributed by atoms with E-state index in [4.69, 9.17) is 4.74 Å². The van der Waals surface area contributed by atoms with Crippen LogP contribution >= 0.6 is 0 Å². The maximum atomic E-state index is 12.6. The van der Waals surface area contributed by atoms with Crippen LogP contribution < -0.4 is 0 Å². The second-order valence-corrected chi connectivity index (χ2v) is 7.11. The van der Waals surface area contributed by atoms with Gasteiger partial charge in [0.25, 0.3) is 0 Å². The molecule has 3 nitrogen and oxygen atoms in total. The molecule has 120 valence electrons. The van der Waals surface area contributed by atoms with Gasteiger partial charge in [-0.3, -0.25) is 4.79 Å². The molecule has 0 bridgehead atoms. The molecular formula is C19H27NO2. The van der Waals surface area contributed by atoms with Crippen LogP contribution in [-0.2, 0) is 9.53 Å². The molecule has 1 saturated heterocycles. The van der Waals surface area contributed by atoms with Gasteiger partial charge in [0.15, 0.2) is 0 Å². The van der Waals surface area contributed by atoms with E-state index in [9.17, 15) is 4.79 Å². The second kappa shape index (κ2) is 6.82. The van der Waals surface area contributed by atoms with Crippen molar-refractivity contribution in [3.05, 3.63) is 35.9 Å². The Labute approximate surface area is 133 Å². The first-order valence-electron chi connectivity index (χ1n) is 8.60. The summed E-state index contributed by atoms with van der Waals surface area (Å²) in [5.74, 6) is 1.60. The Bertz CT molecular complexity index is 491. The molecule has 3 heteroatoms. The summed E-state index contributed by atoms with van der Waals surface area (Å²) in [5, 5.41) is 0. The summed E-state index contributed by atoms with van der Waals surface area (Å²) < 4.78 is 5.90. The number of hydrogen-bond acceptors (Lipinski definition) is 2. The highest BCUT2D eigenvalue weighted by molar-refractivity contribution is 5.83. The van der Waals surface area contributed by atoms with Gasteiger partial charge in [-0.25, -0.2) is 0 Å². The Morgan fingerprint density at radius 1 is 1.23 bits per heavy atom. The smallest absolute Gasteiger partial charge is 0.226 e. The first-order chi connectivity index (χ1) is 10.6. The van der Waals surface area contributed by atoms with E-state index in [1.807, 2.05) is 6.07 Å². The molecule has 22 heavy (non-hydrogen) atoms. The van der Waals surface area contributed by atoms with Gasteiger partial charge in [0, 0.05) is 25.6 Å². The minimum absolute atomic E-state index is 0.218. The molecule has 2 aliphatic rings. The Kier molecular flexibility index (Phi) is 4.82. The highest BCUT2D eigenvalue weighted by Crippen LogP contribution is 2.48. The lowest BCUT2D eigenvalue weighted by Gasteiger charge is -2.32. The fourth-order valence-corrected chi connectivity index (χ4v) is 3.34. The number of hydrogen-bond donors (Lipinski definition) is 0. The van der Waals surface area contributed by atoms with Crippen LogP contribution in [0.25, 0.3) is 0 Å². The maximum Gasteiger partial charge on any atom is 0.226 e. The van der Waals surface area contributed by atoms with Crippen LogP contribution in [0.3, 0.4) is 0 Å². The fraction of sp³-hybridized carbons (Fsp3) is 0.632. The lowest BCUT2D eigenvalue weighted by Crippen LogP contribution is -2.42. The highest BCUT2D eigenvalue weighted by Gasteiger charge is 2.46. The van der Waals surface area contributed by atoms with Crippen molar-refractivity contribution in [3.8, 4) is 0 Å². The van der Waals surface area contributed by atoms with Gasteiger partial charge in [0.2, 0.25) is 5.91 Å². The molecule has 1 aromatic rings. The van der Waals surface area contributed by atoms with Gasteiger partial charge in [-0.15, -0.1) is 0 Å². The Hall–Kier alpha value is -1.35. The molecule has 1 aliphatic carbocycles. The summed E-state index contributed by atoms with van der Waals surface area (Å²) in [6, 6.07) is 10.4. The number of piperidine rings is 1. The Morgan fingerprint density at radius 2 is 1.91 bits per heavy atom. The van der Waals surface area contributed by atoms with Crippen molar-refractivity contribution in [1.82, 2.24) is 4.90 Å².